The third-order valence-electron chi connectivity index (χ3n) is 1.77. The van der Waals surface area contributed by atoms with Crippen LogP contribution in [-0.2, 0) is 0 Å². The molecule has 4 N–H and O–H groups in total. The van der Waals surface area contributed by atoms with E-state index in [9.17, 15) is 0 Å². The van der Waals surface area contributed by atoms with E-state index in [0.717, 1.165) is 5.56 Å². The van der Waals surface area contributed by atoms with Gasteiger partial charge in [0.2, 0.25) is 0 Å². The highest BCUT2D eigenvalue weighted by Gasteiger charge is 2.11. The molecule has 3 heteroatoms. The predicted molar refractivity (Wildman–Crippen MR) is 46.7 cm³/mol. The smallest absolute Gasteiger partial charge is 0.115 e. The van der Waals surface area contributed by atoms with Crippen LogP contribution in [-0.4, -0.2) is 16.3 Å². The first-order valence-corrected chi connectivity index (χ1v) is 3.84. The summed E-state index contributed by atoms with van der Waals surface area (Å²) in [5.74, 6) is 0.170. The second-order valence-corrected chi connectivity index (χ2v) is 2.86. The number of hydrogen-bond donors (Lipinski definition) is 3. The predicted octanol–water partition coefficient (Wildman–Crippen LogP) is 0.773. The summed E-state index contributed by atoms with van der Waals surface area (Å²) in [6.45, 7) is 1.62. The average Bonchev–Trinajstić information content (AvgIpc) is 2.03. The normalized spacial score (nSPS) is 15.6. The minimum Gasteiger partial charge on any atom is -0.508 e. The Bertz CT molecular complexity index is 260. The van der Waals surface area contributed by atoms with Crippen molar-refractivity contribution in [2.24, 2.45) is 5.73 Å². The quantitative estimate of drug-likeness (QED) is 0.609. The van der Waals surface area contributed by atoms with Crippen molar-refractivity contribution in [3.63, 3.8) is 0 Å². The van der Waals surface area contributed by atoms with Gasteiger partial charge in [-0.05, 0) is 24.6 Å². The van der Waals surface area contributed by atoms with E-state index >= 15 is 0 Å². The van der Waals surface area contributed by atoms with Gasteiger partial charge in [-0.25, -0.2) is 0 Å². The van der Waals surface area contributed by atoms with Gasteiger partial charge in [0.1, 0.15) is 5.75 Å². The first-order chi connectivity index (χ1) is 5.61. The molecule has 0 fully saturated rings. The summed E-state index contributed by atoms with van der Waals surface area (Å²) in [5.41, 5.74) is 6.39. The SMILES string of the molecule is CC(O)[C@@H](N)c1cccc(O)c1. The second kappa shape index (κ2) is 3.56. The third kappa shape index (κ3) is 1.96. The maximum Gasteiger partial charge on any atom is 0.115 e. The zero-order chi connectivity index (χ0) is 9.14. The summed E-state index contributed by atoms with van der Waals surface area (Å²) in [6.07, 6.45) is -0.605. The number of rotatable bonds is 2. The van der Waals surface area contributed by atoms with Crippen molar-refractivity contribution in [2.45, 2.75) is 19.1 Å². The summed E-state index contributed by atoms with van der Waals surface area (Å²) < 4.78 is 0. The molecule has 66 valence electrons. The van der Waals surface area contributed by atoms with Crippen LogP contribution >= 0.6 is 0 Å². The molecule has 0 aromatic heterocycles. The molecular weight excluding hydrogens is 154 g/mol. The van der Waals surface area contributed by atoms with Crippen LogP contribution in [0.5, 0.6) is 5.75 Å². The van der Waals surface area contributed by atoms with Gasteiger partial charge >= 0.3 is 0 Å². The van der Waals surface area contributed by atoms with Gasteiger partial charge in [-0.15, -0.1) is 0 Å². The van der Waals surface area contributed by atoms with Crippen molar-refractivity contribution in [2.75, 3.05) is 0 Å². The molecule has 12 heavy (non-hydrogen) atoms. The first-order valence-electron chi connectivity index (χ1n) is 3.84. The lowest BCUT2D eigenvalue weighted by Crippen LogP contribution is -2.22. The molecule has 0 bridgehead atoms. The average molecular weight is 167 g/mol. The fourth-order valence-corrected chi connectivity index (χ4v) is 1.01. The Kier molecular flexibility index (Phi) is 2.68. The molecule has 0 aliphatic carbocycles. The lowest BCUT2D eigenvalue weighted by atomic mass is 10.0. The van der Waals surface area contributed by atoms with Crippen LogP contribution in [0, 0.1) is 0 Å². The molecule has 0 radical (unpaired) electrons. The van der Waals surface area contributed by atoms with Gasteiger partial charge in [-0.2, -0.15) is 0 Å². The molecular formula is C9H13NO2. The largest absolute Gasteiger partial charge is 0.508 e. The van der Waals surface area contributed by atoms with Crippen molar-refractivity contribution >= 4 is 0 Å². The van der Waals surface area contributed by atoms with Crippen molar-refractivity contribution in [1.29, 1.82) is 0 Å². The number of benzene rings is 1. The standard InChI is InChI=1S/C9H13NO2/c1-6(11)9(10)7-3-2-4-8(12)5-7/h2-6,9,11-12H,10H2,1H3/t6?,9-/m1/s1. The van der Waals surface area contributed by atoms with Gasteiger partial charge in [0.05, 0.1) is 12.1 Å². The highest BCUT2D eigenvalue weighted by atomic mass is 16.3. The molecule has 0 aliphatic rings. The van der Waals surface area contributed by atoms with Gasteiger partial charge in [0, 0.05) is 0 Å². The first kappa shape index (κ1) is 9.03. The molecule has 0 heterocycles. The number of aliphatic hydroxyl groups is 1. The number of nitrogens with two attached hydrogens (primary N) is 1. The maximum atomic E-state index is 9.16. The van der Waals surface area contributed by atoms with Crippen LogP contribution in [0.15, 0.2) is 24.3 Å². The number of phenolic OH excluding ortho intramolecular Hbond substituents is 1. The number of phenols is 1. The van der Waals surface area contributed by atoms with E-state index in [0.29, 0.717) is 0 Å². The number of aromatic hydroxyl groups is 1. The van der Waals surface area contributed by atoms with Crippen LogP contribution in [0.1, 0.15) is 18.5 Å². The molecule has 0 saturated carbocycles. The molecule has 0 amide bonds. The summed E-state index contributed by atoms with van der Waals surface area (Å²) in [4.78, 5) is 0. The molecule has 3 nitrogen and oxygen atoms in total. The minimum atomic E-state index is -0.605. The van der Waals surface area contributed by atoms with E-state index in [1.165, 1.54) is 0 Å². The Balaban J connectivity index is 2.88. The maximum absolute atomic E-state index is 9.16. The second-order valence-electron chi connectivity index (χ2n) is 2.86. The fraction of sp³-hybridized carbons (Fsp3) is 0.333. The summed E-state index contributed by atoms with van der Waals surface area (Å²) in [7, 11) is 0. The molecule has 1 unspecified atom stereocenters. The van der Waals surface area contributed by atoms with Crippen molar-refractivity contribution < 1.29 is 10.2 Å². The van der Waals surface area contributed by atoms with E-state index in [1.54, 1.807) is 31.2 Å². The van der Waals surface area contributed by atoms with Gasteiger partial charge < -0.3 is 15.9 Å². The highest BCUT2D eigenvalue weighted by molar-refractivity contribution is 5.29. The fourth-order valence-electron chi connectivity index (χ4n) is 1.01. The minimum absolute atomic E-state index is 0.170. The molecule has 1 rings (SSSR count). The Morgan fingerprint density at radius 1 is 1.42 bits per heavy atom. The van der Waals surface area contributed by atoms with Gasteiger partial charge in [-0.1, -0.05) is 12.1 Å². The topological polar surface area (TPSA) is 66.5 Å². The van der Waals surface area contributed by atoms with Gasteiger partial charge in [-0.3, -0.25) is 0 Å². The summed E-state index contributed by atoms with van der Waals surface area (Å²) >= 11 is 0. The van der Waals surface area contributed by atoms with E-state index in [-0.39, 0.29) is 5.75 Å². The molecule has 1 aromatic carbocycles. The highest BCUT2D eigenvalue weighted by Crippen LogP contribution is 2.18. The van der Waals surface area contributed by atoms with Gasteiger partial charge in [0.15, 0.2) is 0 Å². The van der Waals surface area contributed by atoms with E-state index in [1.807, 2.05) is 0 Å². The van der Waals surface area contributed by atoms with E-state index in [2.05, 4.69) is 0 Å². The molecule has 0 spiro atoms. The lowest BCUT2D eigenvalue weighted by molar-refractivity contribution is 0.164. The zero-order valence-corrected chi connectivity index (χ0v) is 6.94. The monoisotopic (exact) mass is 167 g/mol. The molecule has 1 aromatic rings. The van der Waals surface area contributed by atoms with Crippen molar-refractivity contribution in [3.05, 3.63) is 29.8 Å². The van der Waals surface area contributed by atoms with Crippen molar-refractivity contribution in [3.8, 4) is 5.75 Å². The molecule has 2 atom stereocenters. The van der Waals surface area contributed by atoms with Crippen LogP contribution in [0.25, 0.3) is 0 Å². The van der Waals surface area contributed by atoms with Crippen LogP contribution in [0.3, 0.4) is 0 Å². The number of hydrogen-bond acceptors (Lipinski definition) is 3. The summed E-state index contributed by atoms with van der Waals surface area (Å²) in [5, 5.41) is 18.3. The van der Waals surface area contributed by atoms with Crippen LogP contribution in [0.4, 0.5) is 0 Å². The third-order valence-corrected chi connectivity index (χ3v) is 1.77. The number of aliphatic hydroxyl groups excluding tert-OH is 1. The molecule has 0 aliphatic heterocycles. The van der Waals surface area contributed by atoms with Crippen molar-refractivity contribution in [1.82, 2.24) is 0 Å². The Labute approximate surface area is 71.5 Å². The Hall–Kier alpha value is -1.06. The van der Waals surface area contributed by atoms with Crippen LogP contribution < -0.4 is 5.73 Å². The van der Waals surface area contributed by atoms with E-state index in [4.69, 9.17) is 15.9 Å². The Morgan fingerprint density at radius 3 is 2.58 bits per heavy atom. The van der Waals surface area contributed by atoms with E-state index < -0.39 is 12.1 Å². The summed E-state index contributed by atoms with van der Waals surface area (Å²) in [6, 6.07) is 6.16. The van der Waals surface area contributed by atoms with Gasteiger partial charge in [0.25, 0.3) is 0 Å². The Morgan fingerprint density at radius 2 is 2.08 bits per heavy atom. The lowest BCUT2D eigenvalue weighted by Gasteiger charge is -2.14. The van der Waals surface area contributed by atoms with Crippen LogP contribution in [0.2, 0.25) is 0 Å². The zero-order valence-electron chi connectivity index (χ0n) is 6.94. The molecule has 0 saturated heterocycles.